The number of hydrogen-bond donors (Lipinski definition) is 0. The van der Waals surface area contributed by atoms with Gasteiger partial charge in [-0.3, -0.25) is 4.90 Å². The lowest BCUT2D eigenvalue weighted by Crippen LogP contribution is -2.24. The molecule has 4 rings (SSSR count). The molecule has 0 N–H and O–H groups in total. The second-order valence-corrected chi connectivity index (χ2v) is 8.00. The first-order chi connectivity index (χ1) is 15.2. The van der Waals surface area contributed by atoms with Gasteiger partial charge < -0.3 is 4.57 Å². The maximum atomic E-state index is 9.27. The SMILES string of the molecule is Cc1ccccc1Cn1cccc1CN(Cc1ccccc1)Cc1cccc(C#N)c1. The molecule has 0 saturated carbocycles. The monoisotopic (exact) mass is 405 g/mol. The van der Waals surface area contributed by atoms with Crippen LogP contribution in [-0.2, 0) is 26.2 Å². The standard InChI is InChI=1S/C28H27N3/c1-23-9-5-6-14-27(23)21-31-16-8-15-28(31)22-30(19-24-10-3-2-4-11-24)20-26-13-7-12-25(17-26)18-29/h2-17H,19-22H2,1H3. The van der Waals surface area contributed by atoms with Crippen LogP contribution in [0.1, 0.15) is 33.5 Å². The third kappa shape index (κ3) is 5.51. The highest BCUT2D eigenvalue weighted by Crippen LogP contribution is 2.18. The average molecular weight is 406 g/mol. The Morgan fingerprint density at radius 3 is 2.32 bits per heavy atom. The molecule has 0 aliphatic heterocycles. The van der Waals surface area contributed by atoms with E-state index in [1.165, 1.54) is 22.4 Å². The van der Waals surface area contributed by atoms with Gasteiger partial charge >= 0.3 is 0 Å². The first-order valence-corrected chi connectivity index (χ1v) is 10.6. The average Bonchev–Trinajstić information content (AvgIpc) is 3.22. The summed E-state index contributed by atoms with van der Waals surface area (Å²) in [7, 11) is 0. The van der Waals surface area contributed by atoms with Crippen molar-refractivity contribution in [3.8, 4) is 6.07 Å². The fourth-order valence-corrected chi connectivity index (χ4v) is 3.95. The molecule has 0 bridgehead atoms. The molecule has 0 atom stereocenters. The van der Waals surface area contributed by atoms with E-state index in [0.717, 1.165) is 31.7 Å². The number of benzene rings is 3. The van der Waals surface area contributed by atoms with Crippen LogP contribution in [0.15, 0.2) is 97.2 Å². The molecule has 31 heavy (non-hydrogen) atoms. The summed E-state index contributed by atoms with van der Waals surface area (Å²) in [5.74, 6) is 0. The number of nitriles is 1. The highest BCUT2D eigenvalue weighted by atomic mass is 15.1. The number of hydrogen-bond acceptors (Lipinski definition) is 2. The molecule has 0 saturated heterocycles. The molecule has 0 spiro atoms. The van der Waals surface area contributed by atoms with E-state index in [1.807, 2.05) is 18.2 Å². The molecule has 1 aromatic heterocycles. The zero-order valence-electron chi connectivity index (χ0n) is 17.9. The minimum Gasteiger partial charge on any atom is -0.346 e. The van der Waals surface area contributed by atoms with Crippen LogP contribution in [0.5, 0.6) is 0 Å². The molecule has 0 aliphatic carbocycles. The number of aryl methyl sites for hydroxylation is 1. The lowest BCUT2D eigenvalue weighted by molar-refractivity contribution is 0.241. The zero-order valence-corrected chi connectivity index (χ0v) is 17.9. The Bertz CT molecular complexity index is 1170. The fourth-order valence-electron chi connectivity index (χ4n) is 3.95. The predicted octanol–water partition coefficient (Wildman–Crippen LogP) is 5.92. The molecule has 154 valence electrons. The highest BCUT2D eigenvalue weighted by Gasteiger charge is 2.12. The molecule has 1 heterocycles. The van der Waals surface area contributed by atoms with E-state index in [4.69, 9.17) is 0 Å². The van der Waals surface area contributed by atoms with Gasteiger partial charge in [-0.15, -0.1) is 0 Å². The van der Waals surface area contributed by atoms with Gasteiger partial charge in [-0.05, 0) is 53.4 Å². The van der Waals surface area contributed by atoms with Gasteiger partial charge in [-0.25, -0.2) is 0 Å². The normalized spacial score (nSPS) is 10.9. The van der Waals surface area contributed by atoms with Crippen molar-refractivity contribution in [1.82, 2.24) is 9.47 Å². The summed E-state index contributed by atoms with van der Waals surface area (Å²) in [5.41, 5.74) is 7.10. The largest absolute Gasteiger partial charge is 0.346 e. The maximum Gasteiger partial charge on any atom is 0.0991 e. The van der Waals surface area contributed by atoms with Crippen molar-refractivity contribution in [3.05, 3.63) is 131 Å². The molecule has 0 fully saturated rings. The Kier molecular flexibility index (Phi) is 6.62. The van der Waals surface area contributed by atoms with E-state index in [2.05, 4.69) is 101 Å². The first kappa shape index (κ1) is 20.7. The minimum atomic E-state index is 0.708. The van der Waals surface area contributed by atoms with Gasteiger partial charge in [0.2, 0.25) is 0 Å². The molecule has 0 amide bonds. The summed E-state index contributed by atoms with van der Waals surface area (Å²) >= 11 is 0. The van der Waals surface area contributed by atoms with Crippen LogP contribution in [0.25, 0.3) is 0 Å². The second-order valence-electron chi connectivity index (χ2n) is 8.00. The van der Waals surface area contributed by atoms with Gasteiger partial charge in [0, 0.05) is 38.1 Å². The van der Waals surface area contributed by atoms with Gasteiger partial charge in [0.1, 0.15) is 0 Å². The van der Waals surface area contributed by atoms with E-state index >= 15 is 0 Å². The highest BCUT2D eigenvalue weighted by molar-refractivity contribution is 5.33. The molecule has 0 unspecified atom stereocenters. The van der Waals surface area contributed by atoms with E-state index in [-0.39, 0.29) is 0 Å². The maximum absolute atomic E-state index is 9.27. The molecule has 4 aromatic rings. The topological polar surface area (TPSA) is 32.0 Å². The van der Waals surface area contributed by atoms with Gasteiger partial charge in [0.15, 0.2) is 0 Å². The summed E-state index contributed by atoms with van der Waals surface area (Å²) in [4.78, 5) is 2.44. The Morgan fingerprint density at radius 1 is 0.774 bits per heavy atom. The van der Waals surface area contributed by atoms with E-state index in [9.17, 15) is 5.26 Å². The summed E-state index contributed by atoms with van der Waals surface area (Å²) in [6.07, 6.45) is 2.17. The molecular weight excluding hydrogens is 378 g/mol. The van der Waals surface area contributed by atoms with Crippen LogP contribution in [0.4, 0.5) is 0 Å². The third-order valence-corrected chi connectivity index (χ3v) is 5.62. The van der Waals surface area contributed by atoms with Gasteiger partial charge in [0.05, 0.1) is 11.6 Å². The minimum absolute atomic E-state index is 0.708. The van der Waals surface area contributed by atoms with E-state index in [0.29, 0.717) is 5.56 Å². The number of aromatic nitrogens is 1. The number of rotatable bonds is 8. The van der Waals surface area contributed by atoms with Crippen LogP contribution in [0.3, 0.4) is 0 Å². The van der Waals surface area contributed by atoms with Gasteiger partial charge in [-0.1, -0.05) is 66.7 Å². The summed E-state index contributed by atoms with van der Waals surface area (Å²) in [5, 5.41) is 9.27. The summed E-state index contributed by atoms with van der Waals surface area (Å²) in [6.45, 7) is 5.53. The van der Waals surface area contributed by atoms with Crippen LogP contribution in [0.2, 0.25) is 0 Å². The summed E-state index contributed by atoms with van der Waals surface area (Å²) < 4.78 is 2.34. The van der Waals surface area contributed by atoms with Crippen LogP contribution >= 0.6 is 0 Å². The van der Waals surface area contributed by atoms with Crippen LogP contribution < -0.4 is 0 Å². The first-order valence-electron chi connectivity index (χ1n) is 10.6. The molecular formula is C28H27N3. The van der Waals surface area contributed by atoms with Crippen molar-refractivity contribution >= 4 is 0 Å². The Morgan fingerprint density at radius 2 is 1.52 bits per heavy atom. The Labute approximate surface area is 184 Å². The van der Waals surface area contributed by atoms with Gasteiger partial charge in [0.25, 0.3) is 0 Å². The second kappa shape index (κ2) is 9.93. The van der Waals surface area contributed by atoms with Crippen molar-refractivity contribution in [2.45, 2.75) is 33.1 Å². The van der Waals surface area contributed by atoms with Gasteiger partial charge in [-0.2, -0.15) is 5.26 Å². The Balaban J connectivity index is 1.57. The molecule has 3 aromatic carbocycles. The van der Waals surface area contributed by atoms with Crippen molar-refractivity contribution in [2.75, 3.05) is 0 Å². The molecule has 3 heteroatoms. The lowest BCUT2D eigenvalue weighted by Gasteiger charge is -2.24. The quantitative estimate of drug-likeness (QED) is 0.364. The fraction of sp³-hybridized carbons (Fsp3) is 0.179. The third-order valence-electron chi connectivity index (χ3n) is 5.62. The van der Waals surface area contributed by atoms with Crippen molar-refractivity contribution in [3.63, 3.8) is 0 Å². The van der Waals surface area contributed by atoms with E-state index < -0.39 is 0 Å². The molecule has 0 radical (unpaired) electrons. The van der Waals surface area contributed by atoms with Crippen molar-refractivity contribution in [1.29, 1.82) is 5.26 Å². The molecule has 0 aliphatic rings. The summed E-state index contributed by atoms with van der Waals surface area (Å²) in [6, 6.07) is 33.7. The van der Waals surface area contributed by atoms with Crippen LogP contribution in [0, 0.1) is 18.3 Å². The van der Waals surface area contributed by atoms with Crippen LogP contribution in [-0.4, -0.2) is 9.47 Å². The predicted molar refractivity (Wildman–Crippen MR) is 125 cm³/mol. The van der Waals surface area contributed by atoms with E-state index in [1.54, 1.807) is 0 Å². The van der Waals surface area contributed by atoms with Crippen molar-refractivity contribution < 1.29 is 0 Å². The smallest absolute Gasteiger partial charge is 0.0991 e. The number of nitrogens with zero attached hydrogens (tertiary/aromatic N) is 3. The molecule has 3 nitrogen and oxygen atoms in total. The zero-order chi connectivity index (χ0) is 21.5. The van der Waals surface area contributed by atoms with Crippen molar-refractivity contribution in [2.24, 2.45) is 0 Å². The lowest BCUT2D eigenvalue weighted by atomic mass is 10.1. The Hall–Kier alpha value is -3.61.